The third kappa shape index (κ3) is 7.78. The Kier molecular flexibility index (Phi) is 10.0. The van der Waals surface area contributed by atoms with E-state index < -0.39 is 17.6 Å². The second-order valence-electron chi connectivity index (χ2n) is 9.78. The fraction of sp³-hybridized carbons (Fsp3) is 0.357. The summed E-state index contributed by atoms with van der Waals surface area (Å²) in [6.07, 6.45) is -1.53. The predicted octanol–water partition coefficient (Wildman–Crippen LogP) is 4.03. The average molecular weight is 576 g/mol. The van der Waals surface area contributed by atoms with Crippen molar-refractivity contribution >= 4 is 23.0 Å². The molecule has 0 aliphatic carbocycles. The zero-order valence-electron chi connectivity index (χ0n) is 24.0. The van der Waals surface area contributed by atoms with Gasteiger partial charge < -0.3 is 25.4 Å². The van der Waals surface area contributed by atoms with Crippen molar-refractivity contribution in [3.63, 3.8) is 0 Å². The van der Waals surface area contributed by atoms with Crippen molar-refractivity contribution in [2.45, 2.75) is 26.6 Å². The van der Waals surface area contributed by atoms with Crippen molar-refractivity contribution in [2.24, 2.45) is 18.6 Å². The monoisotopic (exact) mass is 575 g/mol. The number of rotatable bonds is 11. The van der Waals surface area contributed by atoms with E-state index in [0.717, 1.165) is 23.4 Å². The van der Waals surface area contributed by atoms with Gasteiger partial charge in [-0.15, -0.1) is 0 Å². The summed E-state index contributed by atoms with van der Waals surface area (Å²) >= 11 is 0. The SMILES string of the molecule is COc1c(COCCN(C)C)cc(C(F)(F)F)cc1NC(=O)c1ccc(C)c(N(N)/C=C(\N)c2cnn(C)c2C)c1. The van der Waals surface area contributed by atoms with Gasteiger partial charge >= 0.3 is 6.18 Å². The average Bonchev–Trinajstić information content (AvgIpc) is 3.23. The Hall–Kier alpha value is -4.07. The Balaban J connectivity index is 1.91. The molecule has 0 aliphatic rings. The number of hydrogen-bond donors (Lipinski definition) is 3. The summed E-state index contributed by atoms with van der Waals surface area (Å²) in [5.41, 5.74) is 8.59. The molecule has 3 rings (SSSR count). The van der Waals surface area contributed by atoms with Gasteiger partial charge in [-0.3, -0.25) is 14.5 Å². The van der Waals surface area contributed by atoms with Gasteiger partial charge in [0.25, 0.3) is 5.91 Å². The summed E-state index contributed by atoms with van der Waals surface area (Å²) in [6.45, 7) is 4.42. The van der Waals surface area contributed by atoms with Crippen molar-refractivity contribution < 1.29 is 27.4 Å². The van der Waals surface area contributed by atoms with Crippen LogP contribution in [-0.2, 0) is 24.6 Å². The highest BCUT2D eigenvalue weighted by Gasteiger charge is 2.33. The molecule has 1 amide bonds. The second-order valence-corrected chi connectivity index (χ2v) is 9.78. The van der Waals surface area contributed by atoms with E-state index in [1.165, 1.54) is 24.4 Å². The van der Waals surface area contributed by atoms with Crippen LogP contribution in [0.2, 0.25) is 0 Å². The number of hydrogen-bond acceptors (Lipinski definition) is 8. The summed E-state index contributed by atoms with van der Waals surface area (Å²) in [4.78, 5) is 15.2. The lowest BCUT2D eigenvalue weighted by Gasteiger charge is -2.20. The van der Waals surface area contributed by atoms with Gasteiger partial charge in [-0.05, 0) is 57.8 Å². The van der Waals surface area contributed by atoms with E-state index in [1.54, 1.807) is 37.0 Å². The molecule has 13 heteroatoms. The first kappa shape index (κ1) is 31.5. The molecule has 0 spiro atoms. The van der Waals surface area contributed by atoms with Crippen molar-refractivity contribution in [1.82, 2.24) is 14.7 Å². The summed E-state index contributed by atoms with van der Waals surface area (Å²) in [5.74, 6) is 5.70. The molecule has 10 nitrogen and oxygen atoms in total. The van der Waals surface area contributed by atoms with Crippen LogP contribution in [0.3, 0.4) is 0 Å². The molecule has 0 atom stereocenters. The fourth-order valence-electron chi connectivity index (χ4n) is 4.02. The molecule has 0 bridgehead atoms. The molecule has 0 unspecified atom stereocenters. The maximum Gasteiger partial charge on any atom is 0.416 e. The van der Waals surface area contributed by atoms with E-state index in [9.17, 15) is 18.0 Å². The van der Waals surface area contributed by atoms with Crippen LogP contribution >= 0.6 is 0 Å². The highest BCUT2D eigenvalue weighted by Crippen LogP contribution is 2.38. The van der Waals surface area contributed by atoms with Gasteiger partial charge in [-0.25, -0.2) is 5.84 Å². The van der Waals surface area contributed by atoms with Crippen molar-refractivity contribution in [3.8, 4) is 5.75 Å². The number of alkyl halides is 3. The number of ether oxygens (including phenoxy) is 2. The standard InChI is InChI=1S/C28H36F3N7O3/c1-17-7-8-19(12-25(17)38(33)15-23(32)22-14-34-37(5)18(22)2)27(39)35-24-13-21(28(29,30)31)11-20(26(24)40-6)16-41-10-9-36(3)4/h7-8,11-15H,9-10,16,32-33H2,1-6H3,(H,35,39)/b23-15-. The van der Waals surface area contributed by atoms with Crippen LogP contribution in [0.15, 0.2) is 42.7 Å². The Morgan fingerprint density at radius 3 is 2.49 bits per heavy atom. The molecule has 0 radical (unpaired) electrons. The largest absolute Gasteiger partial charge is 0.494 e. The number of likely N-dealkylation sites (N-methyl/N-ethyl adjacent to an activating group) is 1. The van der Waals surface area contributed by atoms with Crippen LogP contribution in [0.25, 0.3) is 5.70 Å². The minimum absolute atomic E-state index is 0.0755. The third-order valence-corrected chi connectivity index (χ3v) is 6.46. The number of aromatic nitrogens is 2. The zero-order valence-corrected chi connectivity index (χ0v) is 24.0. The van der Waals surface area contributed by atoms with Crippen molar-refractivity contribution in [3.05, 3.63) is 76.2 Å². The Morgan fingerprint density at radius 2 is 1.90 bits per heavy atom. The number of amides is 1. The molecular weight excluding hydrogens is 539 g/mol. The van der Waals surface area contributed by atoms with Crippen LogP contribution < -0.4 is 26.6 Å². The Bertz CT molecular complexity index is 1420. The van der Waals surface area contributed by atoms with Gasteiger partial charge in [-0.1, -0.05) is 6.07 Å². The van der Waals surface area contributed by atoms with Crippen LogP contribution in [0, 0.1) is 13.8 Å². The lowest BCUT2D eigenvalue weighted by molar-refractivity contribution is -0.137. The second kappa shape index (κ2) is 13.1. The summed E-state index contributed by atoms with van der Waals surface area (Å²) in [5, 5.41) is 8.02. The third-order valence-electron chi connectivity index (χ3n) is 6.46. The highest BCUT2D eigenvalue weighted by atomic mass is 19.4. The maximum atomic E-state index is 13.7. The van der Waals surface area contributed by atoms with E-state index in [4.69, 9.17) is 21.1 Å². The lowest BCUT2D eigenvalue weighted by atomic mass is 10.1. The van der Waals surface area contributed by atoms with E-state index in [1.807, 2.05) is 25.9 Å². The molecule has 0 saturated heterocycles. The van der Waals surface area contributed by atoms with Crippen LogP contribution in [0.1, 0.15) is 38.3 Å². The molecule has 222 valence electrons. The zero-order chi connectivity index (χ0) is 30.5. The summed E-state index contributed by atoms with van der Waals surface area (Å²) in [7, 11) is 6.82. The number of carbonyl (C=O) groups excluding carboxylic acids is 1. The Labute approximate surface area is 237 Å². The minimum Gasteiger partial charge on any atom is -0.494 e. The van der Waals surface area contributed by atoms with Gasteiger partial charge in [0.1, 0.15) is 5.75 Å². The first-order valence-corrected chi connectivity index (χ1v) is 12.7. The minimum atomic E-state index is -4.65. The number of anilines is 2. The smallest absolute Gasteiger partial charge is 0.416 e. The number of benzene rings is 2. The molecule has 0 saturated carbocycles. The molecule has 0 fully saturated rings. The van der Waals surface area contributed by atoms with Gasteiger partial charge in [-0.2, -0.15) is 18.3 Å². The maximum absolute atomic E-state index is 13.7. The quantitative estimate of drug-likeness (QED) is 0.178. The molecule has 1 heterocycles. The molecular formula is C28H36F3N7O3. The number of halogens is 3. The molecule has 2 aromatic carbocycles. The normalized spacial score (nSPS) is 12.1. The molecule has 41 heavy (non-hydrogen) atoms. The van der Waals surface area contributed by atoms with E-state index in [0.29, 0.717) is 30.1 Å². The van der Waals surface area contributed by atoms with Gasteiger partial charge in [0.15, 0.2) is 0 Å². The van der Waals surface area contributed by atoms with Gasteiger partial charge in [0, 0.05) is 42.2 Å². The topological polar surface area (TPSA) is 124 Å². The number of nitrogens with zero attached hydrogens (tertiary/aromatic N) is 4. The van der Waals surface area contributed by atoms with Crippen LogP contribution in [-0.4, -0.2) is 54.9 Å². The van der Waals surface area contributed by atoms with E-state index in [2.05, 4.69) is 10.4 Å². The predicted molar refractivity (Wildman–Crippen MR) is 152 cm³/mol. The van der Waals surface area contributed by atoms with Gasteiger partial charge in [0.05, 0.1) is 49.2 Å². The fourth-order valence-corrected chi connectivity index (χ4v) is 4.02. The van der Waals surface area contributed by atoms with Crippen LogP contribution in [0.5, 0.6) is 5.75 Å². The Morgan fingerprint density at radius 1 is 1.20 bits per heavy atom. The van der Waals surface area contributed by atoms with Gasteiger partial charge in [0.2, 0.25) is 0 Å². The number of aryl methyl sites for hydroxylation is 2. The molecule has 1 aromatic heterocycles. The molecule has 0 aliphatic heterocycles. The first-order chi connectivity index (χ1) is 19.2. The van der Waals surface area contributed by atoms with E-state index >= 15 is 0 Å². The number of nitrogens with two attached hydrogens (primary N) is 2. The molecule has 3 aromatic rings. The van der Waals surface area contributed by atoms with E-state index in [-0.39, 0.29) is 29.2 Å². The number of methoxy groups -OCH3 is 1. The van der Waals surface area contributed by atoms with Crippen LogP contribution in [0.4, 0.5) is 24.5 Å². The lowest BCUT2D eigenvalue weighted by Crippen LogP contribution is -2.27. The summed E-state index contributed by atoms with van der Waals surface area (Å²) < 4.78 is 53.9. The highest BCUT2D eigenvalue weighted by molar-refractivity contribution is 6.06. The first-order valence-electron chi connectivity index (χ1n) is 12.7. The number of carbonyl (C=O) groups is 1. The van der Waals surface area contributed by atoms with Crippen molar-refractivity contribution in [1.29, 1.82) is 0 Å². The number of nitrogens with one attached hydrogen (secondary N) is 1. The summed E-state index contributed by atoms with van der Waals surface area (Å²) in [6, 6.07) is 6.55. The molecule has 5 N–H and O–H groups in total. The van der Waals surface area contributed by atoms with Crippen molar-refractivity contribution in [2.75, 3.05) is 44.7 Å². The number of hydrazine groups is 1.